The molecule has 16 heteroatoms. The molecule has 5 N–H and O–H groups in total. The minimum absolute atomic E-state index is 0.142. The zero-order valence-corrected chi connectivity index (χ0v) is 27.5. The topological polar surface area (TPSA) is 188 Å². The van der Waals surface area contributed by atoms with Crippen molar-refractivity contribution in [2.24, 2.45) is 10.2 Å². The Kier molecular flexibility index (Phi) is 11.0. The number of sulfonamides is 2. The molecular weight excluding hydrogens is 631 g/mol. The Labute approximate surface area is 268 Å². The summed E-state index contributed by atoms with van der Waals surface area (Å²) >= 11 is 0. The molecule has 0 spiro atoms. The Hall–Kier alpha value is -4.90. The third kappa shape index (κ3) is 8.63. The molecule has 4 rings (SSSR count). The van der Waals surface area contributed by atoms with Gasteiger partial charge in [0.15, 0.2) is 11.6 Å². The summed E-state index contributed by atoms with van der Waals surface area (Å²) < 4.78 is 58.5. The molecular formula is C30H35N9O5S2. The van der Waals surface area contributed by atoms with E-state index in [9.17, 15) is 16.8 Å². The van der Waals surface area contributed by atoms with Gasteiger partial charge in [-0.2, -0.15) is 20.2 Å². The number of hydrazone groups is 2. The van der Waals surface area contributed by atoms with Crippen molar-refractivity contribution in [3.8, 4) is 5.75 Å². The molecule has 0 saturated heterocycles. The first kappa shape index (κ1) is 34.0. The van der Waals surface area contributed by atoms with E-state index >= 15 is 0 Å². The number of aromatic nitrogens is 2. The van der Waals surface area contributed by atoms with E-state index in [1.165, 1.54) is 38.4 Å². The first-order valence-corrected chi connectivity index (χ1v) is 17.0. The molecule has 0 aliphatic heterocycles. The summed E-state index contributed by atoms with van der Waals surface area (Å²) in [6.07, 6.45) is 0. The Bertz CT molecular complexity index is 1830. The van der Waals surface area contributed by atoms with Crippen LogP contribution >= 0.6 is 0 Å². The number of hydrogen-bond acceptors (Lipinski definition) is 12. The Morgan fingerprint density at radius 1 is 0.717 bits per heavy atom. The highest BCUT2D eigenvalue weighted by molar-refractivity contribution is 7.89. The summed E-state index contributed by atoms with van der Waals surface area (Å²) in [6.45, 7) is 5.90. The van der Waals surface area contributed by atoms with E-state index in [2.05, 4.69) is 45.8 Å². The normalized spacial score (nSPS) is 12.5. The molecule has 0 atom stereocenters. The van der Waals surface area contributed by atoms with Crippen molar-refractivity contribution in [3.63, 3.8) is 0 Å². The van der Waals surface area contributed by atoms with Crippen LogP contribution in [-0.2, 0) is 20.0 Å². The van der Waals surface area contributed by atoms with Crippen molar-refractivity contribution in [2.75, 3.05) is 36.9 Å². The largest absolute Gasteiger partial charge is 0.492 e. The molecule has 0 radical (unpaired) electrons. The van der Waals surface area contributed by atoms with E-state index in [0.717, 1.165) is 0 Å². The van der Waals surface area contributed by atoms with Gasteiger partial charge in [0.05, 0.1) is 33.5 Å². The third-order valence-electron chi connectivity index (χ3n) is 6.54. The highest BCUT2D eigenvalue weighted by Gasteiger charge is 2.13. The number of hydrogen-bond donors (Lipinski definition) is 5. The van der Waals surface area contributed by atoms with Gasteiger partial charge >= 0.3 is 0 Å². The summed E-state index contributed by atoms with van der Waals surface area (Å²) in [4.78, 5) is 9.37. The lowest BCUT2D eigenvalue weighted by Crippen LogP contribution is -2.18. The van der Waals surface area contributed by atoms with Gasteiger partial charge in [0, 0.05) is 6.07 Å². The summed E-state index contributed by atoms with van der Waals surface area (Å²) in [6, 6.07) is 21.6. The predicted octanol–water partition coefficient (Wildman–Crippen LogP) is 4.11. The summed E-state index contributed by atoms with van der Waals surface area (Å²) in [7, 11) is -4.41. The van der Waals surface area contributed by atoms with Crippen molar-refractivity contribution in [3.05, 3.63) is 90.0 Å². The maximum atomic E-state index is 12.1. The van der Waals surface area contributed by atoms with Crippen molar-refractivity contribution in [1.82, 2.24) is 19.4 Å². The maximum Gasteiger partial charge on any atom is 0.240 e. The zero-order chi connectivity index (χ0) is 33.3. The van der Waals surface area contributed by atoms with Gasteiger partial charge in [0.25, 0.3) is 0 Å². The van der Waals surface area contributed by atoms with E-state index in [-0.39, 0.29) is 15.7 Å². The molecule has 0 saturated carbocycles. The molecule has 0 aliphatic rings. The van der Waals surface area contributed by atoms with Crippen molar-refractivity contribution >= 4 is 54.7 Å². The van der Waals surface area contributed by atoms with Gasteiger partial charge in [-0.05, 0) is 82.4 Å². The average molecular weight is 666 g/mol. The third-order valence-corrected chi connectivity index (χ3v) is 9.40. The van der Waals surface area contributed by atoms with Gasteiger partial charge in [0.1, 0.15) is 5.75 Å². The van der Waals surface area contributed by atoms with E-state index in [1.807, 2.05) is 31.2 Å². The molecule has 46 heavy (non-hydrogen) atoms. The Balaban J connectivity index is 1.62. The number of nitrogens with zero attached hydrogens (tertiary/aromatic N) is 4. The number of rotatable bonds is 14. The molecule has 1 heterocycles. The quantitative estimate of drug-likeness (QED) is 0.0969. The minimum atomic E-state index is -3.56. The highest BCUT2D eigenvalue weighted by atomic mass is 32.2. The molecule has 242 valence electrons. The van der Waals surface area contributed by atoms with Crippen molar-refractivity contribution in [1.29, 1.82) is 0 Å². The second kappa shape index (κ2) is 14.9. The lowest BCUT2D eigenvalue weighted by Gasteiger charge is -2.13. The lowest BCUT2D eigenvalue weighted by molar-refractivity contribution is 0.342. The zero-order valence-electron chi connectivity index (χ0n) is 25.9. The maximum absolute atomic E-state index is 12.1. The van der Waals surface area contributed by atoms with Crippen LogP contribution in [0.5, 0.6) is 5.75 Å². The van der Waals surface area contributed by atoms with Crippen LogP contribution in [0, 0.1) is 0 Å². The first-order chi connectivity index (χ1) is 22.0. The fraction of sp³-hybridized carbons (Fsp3) is 0.200. The van der Waals surface area contributed by atoms with Crippen LogP contribution in [0.1, 0.15) is 31.9 Å². The van der Waals surface area contributed by atoms with Crippen LogP contribution in [0.15, 0.2) is 98.9 Å². The smallest absolute Gasteiger partial charge is 0.240 e. The molecule has 3 aromatic carbocycles. The van der Waals surface area contributed by atoms with Crippen LogP contribution in [0.4, 0.5) is 23.3 Å². The standard InChI is InChI=1S/C30H35N9O5S2/c1-6-44-27-10-8-7-9-26(27)33-30-34-28(38-36-20(2)22-11-15-24(16-12-22)45(40,41)31-4)19-29(35-30)39-37-21(3)23-13-17-25(18-14-23)46(42,43)32-5/h7-19,31-32H,6H2,1-5H3,(H3,33,34,35,38,39). The monoisotopic (exact) mass is 665 g/mol. The summed E-state index contributed by atoms with van der Waals surface area (Å²) in [5.74, 6) is 1.51. The first-order valence-electron chi connectivity index (χ1n) is 14.0. The van der Waals surface area contributed by atoms with Crippen molar-refractivity contribution in [2.45, 2.75) is 30.6 Å². The summed E-state index contributed by atoms with van der Waals surface area (Å²) in [5.41, 5.74) is 9.08. The van der Waals surface area contributed by atoms with Crippen LogP contribution in [0.2, 0.25) is 0 Å². The number of ether oxygens (including phenoxy) is 1. The van der Waals surface area contributed by atoms with Gasteiger partial charge in [-0.15, -0.1) is 0 Å². The van der Waals surface area contributed by atoms with Gasteiger partial charge in [-0.25, -0.2) is 26.3 Å². The van der Waals surface area contributed by atoms with E-state index in [1.54, 1.807) is 44.2 Å². The number of benzene rings is 3. The lowest BCUT2D eigenvalue weighted by atomic mass is 10.1. The van der Waals surface area contributed by atoms with E-state index in [0.29, 0.717) is 52.2 Å². The van der Waals surface area contributed by atoms with Crippen LogP contribution in [0.3, 0.4) is 0 Å². The SMILES string of the molecule is CCOc1ccccc1Nc1nc(NN=C(C)c2ccc(S(=O)(=O)NC)cc2)cc(NN=C(C)c2ccc(S(=O)(=O)NC)cc2)n1. The van der Waals surface area contributed by atoms with Gasteiger partial charge < -0.3 is 10.1 Å². The molecule has 4 aromatic rings. The van der Waals surface area contributed by atoms with Crippen LogP contribution < -0.4 is 30.3 Å². The van der Waals surface area contributed by atoms with Gasteiger partial charge in [-0.3, -0.25) is 10.9 Å². The molecule has 0 unspecified atom stereocenters. The Morgan fingerprint density at radius 2 is 1.17 bits per heavy atom. The second-order valence-corrected chi connectivity index (χ2v) is 13.4. The van der Waals surface area contributed by atoms with Gasteiger partial charge in [0.2, 0.25) is 26.0 Å². The summed E-state index contributed by atoms with van der Waals surface area (Å²) in [5, 5.41) is 12.0. The van der Waals surface area contributed by atoms with E-state index < -0.39 is 20.0 Å². The number of para-hydroxylation sites is 2. The molecule has 1 aromatic heterocycles. The molecule has 0 fully saturated rings. The molecule has 0 aliphatic carbocycles. The second-order valence-electron chi connectivity index (χ2n) is 9.60. The average Bonchev–Trinajstić information content (AvgIpc) is 3.07. The van der Waals surface area contributed by atoms with E-state index in [4.69, 9.17) is 4.74 Å². The fourth-order valence-electron chi connectivity index (χ4n) is 3.99. The van der Waals surface area contributed by atoms with Crippen LogP contribution in [-0.4, -0.2) is 58.9 Å². The molecule has 14 nitrogen and oxygen atoms in total. The van der Waals surface area contributed by atoms with Gasteiger partial charge in [-0.1, -0.05) is 36.4 Å². The Morgan fingerprint density at radius 3 is 1.61 bits per heavy atom. The van der Waals surface area contributed by atoms with Crippen LogP contribution in [0.25, 0.3) is 0 Å². The number of nitrogens with one attached hydrogen (secondary N) is 5. The highest BCUT2D eigenvalue weighted by Crippen LogP contribution is 2.27. The van der Waals surface area contributed by atoms with Crippen molar-refractivity contribution < 1.29 is 21.6 Å². The molecule has 0 bridgehead atoms. The fourth-order valence-corrected chi connectivity index (χ4v) is 5.45. The minimum Gasteiger partial charge on any atom is -0.492 e. The molecule has 0 amide bonds. The number of anilines is 4. The predicted molar refractivity (Wildman–Crippen MR) is 180 cm³/mol.